The van der Waals surface area contributed by atoms with E-state index in [2.05, 4.69) is 37.5 Å². The largest absolute Gasteiger partial charge is 0.488 e. The zero-order chi connectivity index (χ0) is 41.3. The van der Waals surface area contributed by atoms with Crippen molar-refractivity contribution in [3.8, 4) is 40.7 Å². The van der Waals surface area contributed by atoms with Crippen LogP contribution in [0.4, 0.5) is 0 Å². The number of amides is 1. The van der Waals surface area contributed by atoms with Crippen molar-refractivity contribution >= 4 is 51.9 Å². The summed E-state index contributed by atoms with van der Waals surface area (Å²) in [7, 11) is -12.7. The molecule has 1 heterocycles. The second-order valence-corrected chi connectivity index (χ2v) is 18.5. The van der Waals surface area contributed by atoms with Crippen LogP contribution in [-0.2, 0) is 54.6 Å². The third-order valence-electron chi connectivity index (χ3n) is 8.31. The van der Waals surface area contributed by atoms with Crippen molar-refractivity contribution in [2.24, 2.45) is 0 Å². The Morgan fingerprint density at radius 2 is 1.54 bits per heavy atom. The Labute approximate surface area is 334 Å². The van der Waals surface area contributed by atoms with Gasteiger partial charge in [-0.1, -0.05) is 36.3 Å². The molecule has 0 saturated heterocycles. The highest BCUT2D eigenvalue weighted by Crippen LogP contribution is 2.36. The van der Waals surface area contributed by atoms with Gasteiger partial charge in [0.05, 0.1) is 20.9 Å². The van der Waals surface area contributed by atoms with E-state index in [1.165, 1.54) is 18.5 Å². The van der Waals surface area contributed by atoms with E-state index < -0.39 is 60.1 Å². The summed E-state index contributed by atoms with van der Waals surface area (Å²) in [5, 5.41) is 4.96. The van der Waals surface area contributed by atoms with Crippen molar-refractivity contribution in [2.45, 2.75) is 44.5 Å². The number of pyridine rings is 1. The predicted octanol–water partition coefficient (Wildman–Crippen LogP) is 4.05. The summed E-state index contributed by atoms with van der Waals surface area (Å²) < 4.78 is 107. The summed E-state index contributed by atoms with van der Waals surface area (Å²) in [5.41, 5.74) is 5.46. The number of nitrogens with one attached hydrogen (secondary N) is 2. The zero-order valence-electron chi connectivity index (χ0n) is 30.5. The van der Waals surface area contributed by atoms with E-state index in [9.17, 15) is 34.6 Å². The minimum Gasteiger partial charge on any atom is -0.488 e. The van der Waals surface area contributed by atoms with Crippen LogP contribution in [0.2, 0.25) is 0 Å². The van der Waals surface area contributed by atoms with Crippen LogP contribution in [0.3, 0.4) is 0 Å². The number of hydrogen-bond donors (Lipinski definition) is 4. The number of carbonyl (C=O) groups excluding carboxylic acids is 1. The van der Waals surface area contributed by atoms with Crippen LogP contribution in [-0.4, -0.2) is 82.2 Å². The van der Waals surface area contributed by atoms with Gasteiger partial charge in [0.25, 0.3) is 20.2 Å². The Balaban J connectivity index is 1.64. The molecule has 4 rings (SSSR count). The Bertz CT molecular complexity index is 2450. The van der Waals surface area contributed by atoms with Gasteiger partial charge in [-0.15, -0.1) is 6.42 Å². The summed E-state index contributed by atoms with van der Waals surface area (Å²) in [4.78, 5) is 16.8. The van der Waals surface area contributed by atoms with E-state index in [4.69, 9.17) is 25.2 Å². The Morgan fingerprint density at radius 1 is 0.857 bits per heavy atom. The molecule has 0 aliphatic carbocycles. The van der Waals surface area contributed by atoms with E-state index in [1.54, 1.807) is 12.1 Å². The lowest BCUT2D eigenvalue weighted by Crippen LogP contribution is -2.48. The van der Waals surface area contributed by atoms with Crippen molar-refractivity contribution in [1.82, 2.24) is 15.6 Å². The lowest BCUT2D eigenvalue weighted by atomic mass is 9.93. The molecule has 4 N–H and O–H groups in total. The van der Waals surface area contributed by atoms with Crippen molar-refractivity contribution in [1.29, 1.82) is 0 Å². The van der Waals surface area contributed by atoms with Crippen LogP contribution < -0.4 is 24.8 Å². The smallest absolute Gasteiger partial charge is 0.266 e. The van der Waals surface area contributed by atoms with Gasteiger partial charge in [-0.3, -0.25) is 18.9 Å². The third kappa shape index (κ3) is 13.0. The molecule has 56 heavy (non-hydrogen) atoms. The van der Waals surface area contributed by atoms with Crippen LogP contribution in [0.5, 0.6) is 17.2 Å². The summed E-state index contributed by atoms with van der Waals surface area (Å²) in [6.45, 7) is 3.29. The number of terminal acetylenes is 1. The van der Waals surface area contributed by atoms with Crippen LogP contribution in [0.15, 0.2) is 76.4 Å². The number of rotatable bonds is 19. The molecule has 19 heteroatoms. The number of halogens is 1. The SMILES string of the molecule is C#CCOc1cccc(-c2cccc(COc3cc(OCc4cncc(S(C)(=O)=O)c4)c(CN[C@@H](CS(=O)(=O)O)C(=O)NCCS(=O)(=O)O)cc3Br)c2C)c1C. The Morgan fingerprint density at radius 3 is 2.20 bits per heavy atom. The standard InChI is InChI=1S/C37H40BrN3O12S3/c1-5-13-51-34-11-7-10-31(25(34)3)30-9-6-8-27(24(30)2)22-53-36-17-35(52-21-26-15-29(20-39-18-26)54(4,43)44)28(16-32(36)38)19-41-33(23-56(48,49)50)37(42)40-12-14-55(45,46)47/h1,6-11,15-18,20,33,41H,12-14,19,21-23H2,2-4H3,(H,40,42)(H,45,46,47)(H,48,49,50)/t33-/m0/s1. The van der Waals surface area contributed by atoms with E-state index >= 15 is 0 Å². The van der Waals surface area contributed by atoms with Gasteiger partial charge in [0.15, 0.2) is 9.84 Å². The molecular formula is C37H40BrN3O12S3. The molecule has 300 valence electrons. The first-order valence-corrected chi connectivity index (χ1v) is 22.5. The maximum absolute atomic E-state index is 12.8. The zero-order valence-corrected chi connectivity index (χ0v) is 34.5. The third-order valence-corrected chi connectivity index (χ3v) is 11.5. The molecule has 1 atom stereocenters. The fourth-order valence-electron chi connectivity index (χ4n) is 5.43. The van der Waals surface area contributed by atoms with E-state index in [0.29, 0.717) is 27.1 Å². The predicted molar refractivity (Wildman–Crippen MR) is 212 cm³/mol. The number of nitrogens with zero attached hydrogens (tertiary/aromatic N) is 1. The molecule has 0 aliphatic heterocycles. The van der Waals surface area contributed by atoms with Gasteiger partial charge in [-0.25, -0.2) is 8.42 Å². The van der Waals surface area contributed by atoms with Crippen LogP contribution in [0.1, 0.15) is 27.8 Å². The van der Waals surface area contributed by atoms with Gasteiger partial charge in [-0.05, 0) is 75.8 Å². The lowest BCUT2D eigenvalue weighted by molar-refractivity contribution is -0.122. The average molecular weight is 895 g/mol. The van der Waals surface area contributed by atoms with E-state index in [0.717, 1.165) is 34.1 Å². The molecule has 0 spiro atoms. The normalized spacial score (nSPS) is 12.4. The van der Waals surface area contributed by atoms with Gasteiger partial charge in [0.2, 0.25) is 5.91 Å². The molecule has 3 aromatic carbocycles. The monoisotopic (exact) mass is 893 g/mol. The summed E-state index contributed by atoms with van der Waals surface area (Å²) in [5.74, 6) is 0.844. The van der Waals surface area contributed by atoms with Crippen molar-refractivity contribution in [3.05, 3.63) is 99.3 Å². The molecule has 0 radical (unpaired) electrons. The average Bonchev–Trinajstić information content (AvgIpc) is 3.11. The molecular weight excluding hydrogens is 855 g/mol. The number of ether oxygens (including phenoxy) is 3. The highest BCUT2D eigenvalue weighted by Gasteiger charge is 2.25. The van der Waals surface area contributed by atoms with E-state index in [-0.39, 0.29) is 37.0 Å². The van der Waals surface area contributed by atoms with Gasteiger partial charge in [0, 0.05) is 48.9 Å². The maximum Gasteiger partial charge on any atom is 0.266 e. The molecule has 4 aromatic rings. The highest BCUT2D eigenvalue weighted by molar-refractivity contribution is 9.10. The topological polar surface area (TPSA) is 225 Å². The first-order valence-electron chi connectivity index (χ1n) is 16.6. The van der Waals surface area contributed by atoms with Crippen molar-refractivity contribution < 1.29 is 53.4 Å². The van der Waals surface area contributed by atoms with Gasteiger partial charge < -0.3 is 24.8 Å². The second-order valence-electron chi connectivity index (χ2n) is 12.5. The number of aromatic nitrogens is 1. The highest BCUT2D eigenvalue weighted by atomic mass is 79.9. The van der Waals surface area contributed by atoms with Crippen molar-refractivity contribution in [2.75, 3.05) is 30.9 Å². The quantitative estimate of drug-likeness (QED) is 0.0771. The minimum atomic E-state index is -4.70. The fraction of sp³-hybridized carbons (Fsp3) is 0.297. The van der Waals surface area contributed by atoms with Crippen LogP contribution in [0.25, 0.3) is 11.1 Å². The van der Waals surface area contributed by atoms with Crippen LogP contribution in [0, 0.1) is 26.2 Å². The van der Waals surface area contributed by atoms with Crippen molar-refractivity contribution in [3.63, 3.8) is 0 Å². The minimum absolute atomic E-state index is 0.0204. The fourth-order valence-corrected chi connectivity index (χ4v) is 7.61. The molecule has 1 aromatic heterocycles. The van der Waals surface area contributed by atoms with Gasteiger partial charge >= 0.3 is 0 Å². The lowest BCUT2D eigenvalue weighted by Gasteiger charge is -2.20. The summed E-state index contributed by atoms with van der Waals surface area (Å²) >= 11 is 3.52. The number of carbonyl (C=O) groups is 1. The van der Waals surface area contributed by atoms with Gasteiger partial charge in [-0.2, -0.15) is 16.8 Å². The van der Waals surface area contributed by atoms with Crippen LogP contribution >= 0.6 is 15.9 Å². The molecule has 0 aliphatic rings. The number of sulfone groups is 1. The molecule has 0 bridgehead atoms. The molecule has 15 nitrogen and oxygen atoms in total. The first-order chi connectivity index (χ1) is 26.3. The molecule has 0 fully saturated rings. The Hall–Kier alpha value is -4.55. The molecule has 1 amide bonds. The Kier molecular flexibility index (Phi) is 15.0. The number of benzene rings is 3. The first kappa shape index (κ1) is 44.2. The number of hydrogen-bond acceptors (Lipinski definition) is 12. The summed E-state index contributed by atoms with van der Waals surface area (Å²) in [6.07, 6.45) is 9.06. The second kappa shape index (κ2) is 19.1. The maximum atomic E-state index is 12.8. The molecule has 0 unspecified atom stereocenters. The van der Waals surface area contributed by atoms with E-state index in [1.807, 2.05) is 50.2 Å². The van der Waals surface area contributed by atoms with Gasteiger partial charge in [0.1, 0.15) is 43.1 Å². The molecule has 0 saturated carbocycles. The summed E-state index contributed by atoms with van der Waals surface area (Å²) in [6, 6.07) is 14.6.